The maximum atomic E-state index is 12.0. The average molecular weight is 320 g/mol. The molecule has 2 aromatic carbocycles. The summed E-state index contributed by atoms with van der Waals surface area (Å²) in [4.78, 5) is 22.0. The van der Waals surface area contributed by atoms with Crippen LogP contribution in [0.4, 0.5) is 11.4 Å². The van der Waals surface area contributed by atoms with Crippen molar-refractivity contribution in [3.63, 3.8) is 0 Å². The molecule has 0 radical (unpaired) electrons. The Morgan fingerprint density at radius 2 is 1.82 bits per heavy atom. The highest BCUT2D eigenvalue weighted by Crippen LogP contribution is 2.17. The van der Waals surface area contributed by atoms with E-state index in [0.29, 0.717) is 5.69 Å². The van der Waals surface area contributed by atoms with Crippen LogP contribution >= 0.6 is 11.6 Å². The van der Waals surface area contributed by atoms with Crippen molar-refractivity contribution in [1.29, 1.82) is 0 Å². The molecular formula is C13H10BClN2O5. The Morgan fingerprint density at radius 3 is 2.32 bits per heavy atom. The zero-order chi connectivity index (χ0) is 16.3. The van der Waals surface area contributed by atoms with Gasteiger partial charge in [-0.1, -0.05) is 17.7 Å². The zero-order valence-electron chi connectivity index (χ0n) is 11.1. The molecule has 0 bridgehead atoms. The number of carbonyl (C=O) groups excluding carboxylic acids is 1. The number of nitro benzene ring substituents is 1. The highest BCUT2D eigenvalue weighted by atomic mass is 35.5. The summed E-state index contributed by atoms with van der Waals surface area (Å²) in [5.41, 5.74) is 0.613. The van der Waals surface area contributed by atoms with E-state index in [-0.39, 0.29) is 21.7 Å². The van der Waals surface area contributed by atoms with Gasteiger partial charge in [0, 0.05) is 33.9 Å². The molecule has 3 N–H and O–H groups in total. The normalized spacial score (nSPS) is 10.1. The predicted octanol–water partition coefficient (Wildman–Crippen LogP) is 1.18. The van der Waals surface area contributed by atoms with E-state index in [4.69, 9.17) is 21.6 Å². The first-order valence-corrected chi connectivity index (χ1v) is 6.47. The minimum absolute atomic E-state index is 0.0475. The minimum atomic E-state index is -1.72. The molecule has 0 saturated carbocycles. The molecule has 22 heavy (non-hydrogen) atoms. The first kappa shape index (κ1) is 16.0. The van der Waals surface area contributed by atoms with Gasteiger partial charge in [0.15, 0.2) is 0 Å². The molecule has 0 aromatic heterocycles. The summed E-state index contributed by atoms with van der Waals surface area (Å²) < 4.78 is 0. The molecule has 0 aliphatic carbocycles. The van der Waals surface area contributed by atoms with Gasteiger partial charge in [0.1, 0.15) is 0 Å². The van der Waals surface area contributed by atoms with Crippen molar-refractivity contribution < 1.29 is 19.8 Å². The van der Waals surface area contributed by atoms with E-state index in [9.17, 15) is 14.9 Å². The van der Waals surface area contributed by atoms with Gasteiger partial charge < -0.3 is 15.4 Å². The topological polar surface area (TPSA) is 113 Å². The Hall–Kier alpha value is -2.42. The monoisotopic (exact) mass is 320 g/mol. The van der Waals surface area contributed by atoms with Gasteiger partial charge in [-0.2, -0.15) is 0 Å². The standard InChI is InChI=1S/C13H10BClN2O5/c15-12-7-8(1-6-11(12)14(19)20)13(18)16-9-2-4-10(5-3-9)17(21)22/h1-7,19-20H,(H,16,18). The lowest BCUT2D eigenvalue weighted by atomic mass is 9.80. The van der Waals surface area contributed by atoms with E-state index in [1.54, 1.807) is 0 Å². The van der Waals surface area contributed by atoms with Gasteiger partial charge in [-0.15, -0.1) is 0 Å². The third-order valence-electron chi connectivity index (χ3n) is 2.88. The number of hydrogen-bond donors (Lipinski definition) is 3. The van der Waals surface area contributed by atoms with Crippen LogP contribution in [0.1, 0.15) is 10.4 Å². The van der Waals surface area contributed by atoms with Crippen LogP contribution in [0.2, 0.25) is 5.02 Å². The summed E-state index contributed by atoms with van der Waals surface area (Å²) in [6, 6.07) is 9.38. The fourth-order valence-corrected chi connectivity index (χ4v) is 2.03. The number of benzene rings is 2. The maximum absolute atomic E-state index is 12.0. The average Bonchev–Trinajstić information content (AvgIpc) is 2.47. The molecule has 2 rings (SSSR count). The second kappa shape index (κ2) is 6.57. The lowest BCUT2D eigenvalue weighted by Gasteiger charge is -2.07. The van der Waals surface area contributed by atoms with Crippen LogP contribution in [0.5, 0.6) is 0 Å². The van der Waals surface area contributed by atoms with Gasteiger partial charge in [0.25, 0.3) is 11.6 Å². The molecule has 1 amide bonds. The number of non-ortho nitro benzene ring substituents is 1. The highest BCUT2D eigenvalue weighted by Gasteiger charge is 2.17. The van der Waals surface area contributed by atoms with Crippen LogP contribution < -0.4 is 10.8 Å². The van der Waals surface area contributed by atoms with E-state index in [0.717, 1.165) is 0 Å². The lowest BCUT2D eigenvalue weighted by molar-refractivity contribution is -0.384. The molecule has 0 aliphatic heterocycles. The van der Waals surface area contributed by atoms with Crippen molar-refractivity contribution in [1.82, 2.24) is 0 Å². The first-order chi connectivity index (χ1) is 10.4. The zero-order valence-corrected chi connectivity index (χ0v) is 11.8. The predicted molar refractivity (Wildman–Crippen MR) is 82.3 cm³/mol. The molecule has 9 heteroatoms. The molecule has 0 saturated heterocycles. The number of nitrogens with one attached hydrogen (secondary N) is 1. The Labute approximate surface area is 130 Å². The van der Waals surface area contributed by atoms with Gasteiger partial charge in [0.2, 0.25) is 0 Å². The quantitative estimate of drug-likeness (QED) is 0.445. The number of nitro groups is 1. The summed E-state index contributed by atoms with van der Waals surface area (Å²) in [6.45, 7) is 0. The van der Waals surface area contributed by atoms with E-state index >= 15 is 0 Å². The van der Waals surface area contributed by atoms with Gasteiger partial charge in [-0.05, 0) is 24.3 Å². The highest BCUT2D eigenvalue weighted by molar-refractivity contribution is 6.62. The number of hydrogen-bond acceptors (Lipinski definition) is 5. The van der Waals surface area contributed by atoms with E-state index in [1.165, 1.54) is 42.5 Å². The molecule has 0 unspecified atom stereocenters. The number of anilines is 1. The summed E-state index contributed by atoms with van der Waals surface area (Å²) in [5.74, 6) is -0.477. The van der Waals surface area contributed by atoms with Crippen molar-refractivity contribution in [2.75, 3.05) is 5.32 Å². The molecule has 2 aromatic rings. The molecule has 0 fully saturated rings. The largest absolute Gasteiger partial charge is 0.489 e. The van der Waals surface area contributed by atoms with E-state index in [2.05, 4.69) is 5.32 Å². The van der Waals surface area contributed by atoms with Crippen molar-refractivity contribution >= 4 is 41.5 Å². The summed E-state index contributed by atoms with van der Waals surface area (Å²) >= 11 is 5.85. The van der Waals surface area contributed by atoms with Crippen molar-refractivity contribution in [3.8, 4) is 0 Å². The van der Waals surface area contributed by atoms with Gasteiger partial charge in [-0.25, -0.2) is 0 Å². The molecule has 0 spiro atoms. The number of amides is 1. The summed E-state index contributed by atoms with van der Waals surface area (Å²) in [7, 11) is -1.72. The van der Waals surface area contributed by atoms with Crippen LogP contribution in [-0.2, 0) is 0 Å². The second-order valence-corrected chi connectivity index (χ2v) is 4.78. The molecule has 112 valence electrons. The maximum Gasteiger partial charge on any atom is 0.489 e. The number of carbonyl (C=O) groups is 1. The van der Waals surface area contributed by atoms with Crippen LogP contribution in [0, 0.1) is 10.1 Å². The SMILES string of the molecule is O=C(Nc1ccc([N+](=O)[O-])cc1)c1ccc(B(O)O)c(Cl)c1. The van der Waals surface area contributed by atoms with Crippen LogP contribution in [0.15, 0.2) is 42.5 Å². The first-order valence-electron chi connectivity index (χ1n) is 6.10. The molecular weight excluding hydrogens is 310 g/mol. The summed E-state index contributed by atoms with van der Waals surface area (Å²) in [6.07, 6.45) is 0. The number of nitrogens with zero attached hydrogens (tertiary/aromatic N) is 1. The van der Waals surface area contributed by atoms with E-state index in [1.807, 2.05) is 0 Å². The van der Waals surface area contributed by atoms with Crippen LogP contribution in [-0.4, -0.2) is 28.0 Å². The van der Waals surface area contributed by atoms with Crippen molar-refractivity contribution in [2.45, 2.75) is 0 Å². The second-order valence-electron chi connectivity index (χ2n) is 4.37. The Morgan fingerprint density at radius 1 is 1.18 bits per heavy atom. The fraction of sp³-hybridized carbons (Fsp3) is 0. The third-order valence-corrected chi connectivity index (χ3v) is 3.20. The van der Waals surface area contributed by atoms with Crippen LogP contribution in [0.25, 0.3) is 0 Å². The fourth-order valence-electron chi connectivity index (χ4n) is 1.75. The molecule has 0 atom stereocenters. The van der Waals surface area contributed by atoms with Crippen molar-refractivity contribution in [3.05, 3.63) is 63.2 Å². The Bertz CT molecular complexity index is 721. The Balaban J connectivity index is 2.15. The Kier molecular flexibility index (Phi) is 4.76. The minimum Gasteiger partial charge on any atom is -0.423 e. The van der Waals surface area contributed by atoms with E-state index < -0.39 is 17.9 Å². The number of halogens is 1. The molecule has 0 heterocycles. The smallest absolute Gasteiger partial charge is 0.423 e. The van der Waals surface area contributed by atoms with Gasteiger partial charge in [-0.3, -0.25) is 14.9 Å². The summed E-state index contributed by atoms with van der Waals surface area (Å²) in [5, 5.41) is 31.3. The number of rotatable bonds is 4. The van der Waals surface area contributed by atoms with Crippen molar-refractivity contribution in [2.24, 2.45) is 0 Å². The van der Waals surface area contributed by atoms with Gasteiger partial charge in [0.05, 0.1) is 4.92 Å². The molecule has 0 aliphatic rings. The third kappa shape index (κ3) is 3.61. The molecule has 7 nitrogen and oxygen atoms in total. The lowest BCUT2D eigenvalue weighted by Crippen LogP contribution is -2.31. The van der Waals surface area contributed by atoms with Gasteiger partial charge >= 0.3 is 7.12 Å². The van der Waals surface area contributed by atoms with Crippen LogP contribution in [0.3, 0.4) is 0 Å².